The van der Waals surface area contributed by atoms with Gasteiger partial charge in [-0.2, -0.15) is 8.78 Å². The predicted molar refractivity (Wildman–Crippen MR) is 73.9 cm³/mol. The number of piperidine rings is 1. The third-order valence-electron chi connectivity index (χ3n) is 3.45. The number of carbonyl (C=O) groups is 1. The summed E-state index contributed by atoms with van der Waals surface area (Å²) in [5, 5.41) is 3.11. The normalized spacial score (nSPS) is 19.9. The lowest BCUT2D eigenvalue weighted by Gasteiger charge is -2.29. The quantitative estimate of drug-likeness (QED) is 0.918. The molecule has 0 bridgehead atoms. The fourth-order valence-electron chi connectivity index (χ4n) is 2.15. The SMILES string of the molecule is CN1CC[C@H](Nc2ccc(S(=O)(=O)C(F)F)cc2)CC1=O. The summed E-state index contributed by atoms with van der Waals surface area (Å²) in [6, 6.07) is 5.10. The number of amides is 1. The maximum absolute atomic E-state index is 12.4. The molecule has 1 atom stereocenters. The number of hydrogen-bond acceptors (Lipinski definition) is 4. The molecule has 0 saturated carbocycles. The molecule has 1 saturated heterocycles. The summed E-state index contributed by atoms with van der Waals surface area (Å²) in [5.74, 6) is -3.39. The molecule has 21 heavy (non-hydrogen) atoms. The Kier molecular flexibility index (Phi) is 4.46. The molecule has 1 aliphatic rings. The van der Waals surface area contributed by atoms with Crippen LogP contribution in [0.4, 0.5) is 14.5 Å². The van der Waals surface area contributed by atoms with Crippen LogP contribution in [-0.2, 0) is 14.6 Å². The van der Waals surface area contributed by atoms with Crippen LogP contribution < -0.4 is 5.32 Å². The molecule has 8 heteroatoms. The molecule has 0 unspecified atom stereocenters. The van der Waals surface area contributed by atoms with Gasteiger partial charge in [0.25, 0.3) is 0 Å². The van der Waals surface area contributed by atoms with E-state index < -0.39 is 20.5 Å². The Morgan fingerprint density at radius 1 is 1.29 bits per heavy atom. The number of carbonyl (C=O) groups excluding carboxylic acids is 1. The Morgan fingerprint density at radius 2 is 1.90 bits per heavy atom. The van der Waals surface area contributed by atoms with E-state index in [1.54, 1.807) is 11.9 Å². The summed E-state index contributed by atoms with van der Waals surface area (Å²) >= 11 is 0. The molecule has 1 aromatic carbocycles. The molecule has 1 aliphatic heterocycles. The monoisotopic (exact) mass is 318 g/mol. The van der Waals surface area contributed by atoms with Crippen molar-refractivity contribution in [3.05, 3.63) is 24.3 Å². The fourth-order valence-corrected chi connectivity index (χ4v) is 2.87. The minimum atomic E-state index is -4.56. The molecule has 1 N–H and O–H groups in total. The van der Waals surface area contributed by atoms with Crippen LogP contribution in [-0.4, -0.2) is 44.6 Å². The minimum absolute atomic E-state index is 0.0359. The van der Waals surface area contributed by atoms with Gasteiger partial charge in [0.1, 0.15) is 0 Å². The van der Waals surface area contributed by atoms with Gasteiger partial charge >= 0.3 is 5.76 Å². The van der Waals surface area contributed by atoms with Gasteiger partial charge in [-0.3, -0.25) is 4.79 Å². The van der Waals surface area contributed by atoms with Gasteiger partial charge in [0.2, 0.25) is 15.7 Å². The van der Waals surface area contributed by atoms with E-state index >= 15 is 0 Å². The van der Waals surface area contributed by atoms with Crippen LogP contribution in [0.2, 0.25) is 0 Å². The molecule has 116 valence electrons. The Morgan fingerprint density at radius 3 is 2.43 bits per heavy atom. The van der Waals surface area contributed by atoms with Crippen molar-refractivity contribution < 1.29 is 22.0 Å². The van der Waals surface area contributed by atoms with Crippen molar-refractivity contribution in [1.29, 1.82) is 0 Å². The maximum atomic E-state index is 12.4. The first kappa shape index (κ1) is 15.7. The number of nitrogens with zero attached hydrogens (tertiary/aromatic N) is 1. The Hall–Kier alpha value is -1.70. The Balaban J connectivity index is 2.05. The number of sulfone groups is 1. The summed E-state index contributed by atoms with van der Waals surface area (Å²) in [4.78, 5) is 12.8. The first-order valence-electron chi connectivity index (χ1n) is 6.43. The van der Waals surface area contributed by atoms with Crippen LogP contribution in [0.25, 0.3) is 0 Å². The molecular formula is C13H16F2N2O3S. The van der Waals surface area contributed by atoms with E-state index in [1.807, 2.05) is 0 Å². The van der Waals surface area contributed by atoms with Crippen molar-refractivity contribution in [3.63, 3.8) is 0 Å². The predicted octanol–water partition coefficient (Wildman–Crippen LogP) is 1.72. The molecule has 2 rings (SSSR count). The average Bonchev–Trinajstić information content (AvgIpc) is 2.43. The van der Waals surface area contributed by atoms with Crippen LogP contribution in [0.15, 0.2) is 29.2 Å². The van der Waals surface area contributed by atoms with Crippen LogP contribution in [0.3, 0.4) is 0 Å². The van der Waals surface area contributed by atoms with Crippen LogP contribution >= 0.6 is 0 Å². The van der Waals surface area contributed by atoms with Crippen LogP contribution in [0, 0.1) is 0 Å². The topological polar surface area (TPSA) is 66.5 Å². The Bertz CT molecular complexity index is 617. The van der Waals surface area contributed by atoms with E-state index in [0.29, 0.717) is 18.7 Å². The second kappa shape index (κ2) is 5.97. The largest absolute Gasteiger partial charge is 0.382 e. The number of hydrogen-bond donors (Lipinski definition) is 1. The molecule has 5 nitrogen and oxygen atoms in total. The highest BCUT2D eigenvalue weighted by atomic mass is 32.2. The van der Waals surface area contributed by atoms with Crippen molar-refractivity contribution >= 4 is 21.4 Å². The molecule has 1 heterocycles. The highest BCUT2D eigenvalue weighted by Crippen LogP contribution is 2.22. The van der Waals surface area contributed by atoms with E-state index in [4.69, 9.17) is 0 Å². The van der Waals surface area contributed by atoms with E-state index in [-0.39, 0.29) is 11.9 Å². The van der Waals surface area contributed by atoms with Gasteiger partial charge in [-0.1, -0.05) is 0 Å². The summed E-state index contributed by atoms with van der Waals surface area (Å²) < 4.78 is 47.4. The lowest BCUT2D eigenvalue weighted by Crippen LogP contribution is -2.40. The number of nitrogens with one attached hydrogen (secondary N) is 1. The van der Waals surface area contributed by atoms with Crippen molar-refractivity contribution in [2.24, 2.45) is 0 Å². The zero-order valence-corrected chi connectivity index (χ0v) is 12.2. The highest BCUT2D eigenvalue weighted by molar-refractivity contribution is 7.91. The van der Waals surface area contributed by atoms with Crippen molar-refractivity contribution in [3.8, 4) is 0 Å². The second-order valence-corrected chi connectivity index (χ2v) is 6.90. The first-order chi connectivity index (χ1) is 9.80. The smallest absolute Gasteiger partial charge is 0.341 e. The van der Waals surface area contributed by atoms with Crippen LogP contribution in [0.5, 0.6) is 0 Å². The lowest BCUT2D eigenvalue weighted by molar-refractivity contribution is -0.132. The summed E-state index contributed by atoms with van der Waals surface area (Å²) in [7, 11) is -2.83. The van der Waals surface area contributed by atoms with Crippen LogP contribution in [0.1, 0.15) is 12.8 Å². The van der Waals surface area contributed by atoms with E-state index in [2.05, 4.69) is 5.32 Å². The number of rotatable bonds is 4. The number of halogens is 2. The minimum Gasteiger partial charge on any atom is -0.382 e. The van der Waals surface area contributed by atoms with Crippen molar-refractivity contribution in [1.82, 2.24) is 4.90 Å². The fraction of sp³-hybridized carbons (Fsp3) is 0.462. The molecule has 1 aromatic rings. The zero-order chi connectivity index (χ0) is 15.6. The first-order valence-corrected chi connectivity index (χ1v) is 7.98. The van der Waals surface area contributed by atoms with Gasteiger partial charge < -0.3 is 10.2 Å². The van der Waals surface area contributed by atoms with E-state index in [0.717, 1.165) is 18.6 Å². The molecule has 0 spiro atoms. The van der Waals surface area contributed by atoms with E-state index in [9.17, 15) is 22.0 Å². The Labute approximate surface area is 121 Å². The number of anilines is 1. The zero-order valence-electron chi connectivity index (χ0n) is 11.4. The third-order valence-corrected chi connectivity index (χ3v) is 4.85. The summed E-state index contributed by atoms with van der Waals surface area (Å²) in [5.41, 5.74) is 0.602. The molecule has 0 aliphatic carbocycles. The number of alkyl halides is 2. The average molecular weight is 318 g/mol. The number of benzene rings is 1. The van der Waals surface area contributed by atoms with Gasteiger partial charge in [-0.05, 0) is 30.7 Å². The number of likely N-dealkylation sites (tertiary alicyclic amines) is 1. The van der Waals surface area contributed by atoms with Gasteiger partial charge in [0, 0.05) is 31.7 Å². The molecule has 0 radical (unpaired) electrons. The maximum Gasteiger partial charge on any atom is 0.341 e. The summed E-state index contributed by atoms with van der Waals surface area (Å²) in [6.45, 7) is 0.647. The van der Waals surface area contributed by atoms with Crippen molar-refractivity contribution in [2.45, 2.75) is 29.5 Å². The second-order valence-electron chi connectivity index (χ2n) is 4.98. The van der Waals surface area contributed by atoms with Gasteiger partial charge in [0.15, 0.2) is 0 Å². The molecular weight excluding hydrogens is 302 g/mol. The van der Waals surface area contributed by atoms with E-state index in [1.165, 1.54) is 12.1 Å². The summed E-state index contributed by atoms with van der Waals surface area (Å²) in [6.07, 6.45) is 1.13. The standard InChI is InChI=1S/C13H16F2N2O3S/c1-17-7-6-10(8-12(17)18)16-9-2-4-11(5-3-9)21(19,20)13(14)15/h2-5,10,13,16H,6-8H2,1H3/t10-/m0/s1. The molecule has 0 aromatic heterocycles. The van der Waals surface area contributed by atoms with Crippen molar-refractivity contribution in [2.75, 3.05) is 18.9 Å². The van der Waals surface area contributed by atoms with Gasteiger partial charge in [-0.25, -0.2) is 8.42 Å². The highest BCUT2D eigenvalue weighted by Gasteiger charge is 2.27. The molecule has 1 fully saturated rings. The lowest BCUT2D eigenvalue weighted by atomic mass is 10.0. The molecule has 1 amide bonds. The third kappa shape index (κ3) is 3.49. The van der Waals surface area contributed by atoms with Gasteiger partial charge in [0.05, 0.1) is 4.90 Å². The van der Waals surface area contributed by atoms with Gasteiger partial charge in [-0.15, -0.1) is 0 Å².